The molecule has 1 aromatic carbocycles. The van der Waals surface area contributed by atoms with Crippen LogP contribution in [-0.2, 0) is 17.8 Å². The van der Waals surface area contributed by atoms with Crippen LogP contribution in [0.1, 0.15) is 44.0 Å². The molecule has 0 unspecified atom stereocenters. The molecule has 0 bridgehead atoms. The molecule has 1 saturated heterocycles. The van der Waals surface area contributed by atoms with E-state index in [0.29, 0.717) is 12.1 Å². The van der Waals surface area contributed by atoms with E-state index in [1.54, 1.807) is 4.90 Å². The van der Waals surface area contributed by atoms with E-state index in [2.05, 4.69) is 20.5 Å². The quantitative estimate of drug-likeness (QED) is 0.794. The molecule has 29 heavy (non-hydrogen) atoms. The fourth-order valence-corrected chi connectivity index (χ4v) is 3.37. The van der Waals surface area contributed by atoms with Crippen molar-refractivity contribution in [3.8, 4) is 6.07 Å². The summed E-state index contributed by atoms with van der Waals surface area (Å²) < 4.78 is 7.65. The maximum absolute atomic E-state index is 12.3. The largest absolute Gasteiger partial charge is 0.444 e. The Balaban J connectivity index is 1.58. The molecule has 7 heteroatoms. The molecule has 0 aliphatic carbocycles. The molecule has 1 fully saturated rings. The number of carbonyl (C=O) groups is 1. The predicted octanol–water partition coefficient (Wildman–Crippen LogP) is 3.25. The third-order valence-electron chi connectivity index (χ3n) is 4.86. The molecule has 0 saturated carbocycles. The van der Waals surface area contributed by atoms with Gasteiger partial charge in [-0.25, -0.2) is 9.78 Å². The monoisotopic (exact) mass is 395 g/mol. The lowest BCUT2D eigenvalue weighted by molar-refractivity contribution is 0.0257. The number of nitrogens with zero attached hydrogens (tertiary/aromatic N) is 5. The zero-order valence-electron chi connectivity index (χ0n) is 17.5. The number of carbonyl (C=O) groups excluding carboxylic acids is 1. The topological polar surface area (TPSA) is 74.4 Å². The van der Waals surface area contributed by atoms with Crippen molar-refractivity contribution >= 4 is 6.09 Å². The van der Waals surface area contributed by atoms with Gasteiger partial charge in [0.2, 0.25) is 0 Å². The average molecular weight is 396 g/mol. The number of imidazole rings is 1. The van der Waals surface area contributed by atoms with Crippen LogP contribution in [-0.4, -0.2) is 57.2 Å². The Labute approximate surface area is 172 Å². The maximum Gasteiger partial charge on any atom is 0.410 e. The van der Waals surface area contributed by atoms with Gasteiger partial charge in [0.15, 0.2) is 0 Å². The summed E-state index contributed by atoms with van der Waals surface area (Å²) in [5, 5.41) is 8.94. The van der Waals surface area contributed by atoms with Crippen LogP contribution in [0.4, 0.5) is 4.79 Å². The van der Waals surface area contributed by atoms with Crippen LogP contribution in [0.25, 0.3) is 0 Å². The highest BCUT2D eigenvalue weighted by Gasteiger charge is 2.24. The van der Waals surface area contributed by atoms with Crippen molar-refractivity contribution in [1.29, 1.82) is 5.26 Å². The van der Waals surface area contributed by atoms with Crippen LogP contribution in [0.15, 0.2) is 36.8 Å². The Morgan fingerprint density at radius 1 is 1.14 bits per heavy atom. The summed E-state index contributed by atoms with van der Waals surface area (Å²) >= 11 is 0. The fraction of sp³-hybridized carbons (Fsp3) is 0.500. The van der Waals surface area contributed by atoms with Crippen LogP contribution in [0, 0.1) is 11.3 Å². The second-order valence-corrected chi connectivity index (χ2v) is 8.42. The van der Waals surface area contributed by atoms with Crippen molar-refractivity contribution in [2.45, 2.75) is 45.9 Å². The molecule has 0 N–H and O–H groups in total. The molecular formula is C22H29N5O2. The smallest absolute Gasteiger partial charge is 0.410 e. The number of aromatic nitrogens is 2. The number of ether oxygens (including phenoxy) is 1. The fourth-order valence-electron chi connectivity index (χ4n) is 3.37. The number of benzene rings is 1. The van der Waals surface area contributed by atoms with E-state index < -0.39 is 5.60 Å². The second kappa shape index (κ2) is 9.10. The standard InChI is InChI=1S/C22H29N5O2/c1-22(2,3)29-21(28)26-10-4-9-25(11-12-26)16-20-14-24-17-27(20)15-19-7-5-18(13-23)6-8-19/h5-8,14,17H,4,9-12,15-16H2,1-3H3. The molecule has 0 atom stereocenters. The van der Waals surface area contributed by atoms with Crippen LogP contribution in [0.3, 0.4) is 0 Å². The number of hydrogen-bond acceptors (Lipinski definition) is 5. The van der Waals surface area contributed by atoms with Crippen molar-refractivity contribution in [3.05, 3.63) is 53.6 Å². The third kappa shape index (κ3) is 6.06. The maximum atomic E-state index is 12.3. The molecule has 3 rings (SSSR count). The zero-order chi connectivity index (χ0) is 20.9. The highest BCUT2D eigenvalue weighted by Crippen LogP contribution is 2.14. The molecule has 1 aromatic heterocycles. The van der Waals surface area contributed by atoms with Gasteiger partial charge in [0, 0.05) is 45.5 Å². The van der Waals surface area contributed by atoms with Gasteiger partial charge in [-0.2, -0.15) is 5.26 Å². The molecule has 1 aliphatic rings. The van der Waals surface area contributed by atoms with E-state index in [1.165, 1.54) is 0 Å². The lowest BCUT2D eigenvalue weighted by atomic mass is 10.1. The first-order valence-corrected chi connectivity index (χ1v) is 10.0. The minimum absolute atomic E-state index is 0.231. The first-order chi connectivity index (χ1) is 13.8. The summed E-state index contributed by atoms with van der Waals surface area (Å²) in [5.41, 5.74) is 2.47. The Morgan fingerprint density at radius 2 is 1.90 bits per heavy atom. The zero-order valence-corrected chi connectivity index (χ0v) is 17.5. The van der Waals surface area contributed by atoms with Crippen LogP contribution < -0.4 is 0 Å². The molecular weight excluding hydrogens is 366 g/mol. The summed E-state index contributed by atoms with van der Waals surface area (Å²) in [6.07, 6.45) is 4.44. The van der Waals surface area contributed by atoms with Crippen molar-refractivity contribution in [1.82, 2.24) is 19.4 Å². The Hall–Kier alpha value is -2.85. The first-order valence-electron chi connectivity index (χ1n) is 10.0. The van der Waals surface area contributed by atoms with E-state index in [9.17, 15) is 4.79 Å². The van der Waals surface area contributed by atoms with Gasteiger partial charge in [0.05, 0.1) is 23.7 Å². The normalized spacial score (nSPS) is 15.6. The Bertz CT molecular complexity index is 861. The van der Waals surface area contributed by atoms with E-state index in [-0.39, 0.29) is 6.09 Å². The molecule has 2 heterocycles. The highest BCUT2D eigenvalue weighted by molar-refractivity contribution is 5.68. The molecule has 0 radical (unpaired) electrons. The van der Waals surface area contributed by atoms with Gasteiger partial charge < -0.3 is 14.2 Å². The minimum Gasteiger partial charge on any atom is -0.444 e. The van der Waals surface area contributed by atoms with Crippen LogP contribution in [0.2, 0.25) is 0 Å². The molecule has 1 amide bonds. The third-order valence-corrected chi connectivity index (χ3v) is 4.86. The van der Waals surface area contributed by atoms with Crippen molar-refractivity contribution in [3.63, 3.8) is 0 Å². The lowest BCUT2D eigenvalue weighted by Crippen LogP contribution is -2.39. The van der Waals surface area contributed by atoms with E-state index >= 15 is 0 Å². The van der Waals surface area contributed by atoms with E-state index in [4.69, 9.17) is 10.00 Å². The summed E-state index contributed by atoms with van der Waals surface area (Å²) in [6.45, 7) is 10.3. The summed E-state index contributed by atoms with van der Waals surface area (Å²) in [5.74, 6) is 0. The molecule has 154 valence electrons. The highest BCUT2D eigenvalue weighted by atomic mass is 16.6. The van der Waals surface area contributed by atoms with Gasteiger partial charge in [-0.3, -0.25) is 4.90 Å². The van der Waals surface area contributed by atoms with E-state index in [1.807, 2.05) is 57.6 Å². The Morgan fingerprint density at radius 3 is 2.59 bits per heavy atom. The summed E-state index contributed by atoms with van der Waals surface area (Å²) in [6, 6.07) is 9.78. The average Bonchev–Trinajstić information content (AvgIpc) is 2.95. The molecule has 1 aliphatic heterocycles. The van der Waals surface area contributed by atoms with Gasteiger partial charge in [-0.15, -0.1) is 0 Å². The van der Waals surface area contributed by atoms with Crippen LogP contribution >= 0.6 is 0 Å². The number of nitriles is 1. The SMILES string of the molecule is CC(C)(C)OC(=O)N1CCCN(Cc2cncn2Cc2ccc(C#N)cc2)CC1. The minimum atomic E-state index is -0.471. The molecule has 0 spiro atoms. The Kier molecular flexibility index (Phi) is 6.55. The predicted molar refractivity (Wildman–Crippen MR) is 110 cm³/mol. The second-order valence-electron chi connectivity index (χ2n) is 8.42. The molecule has 2 aromatic rings. The van der Waals surface area contributed by atoms with Crippen molar-refractivity contribution < 1.29 is 9.53 Å². The van der Waals surface area contributed by atoms with Gasteiger partial charge in [0.25, 0.3) is 0 Å². The van der Waals surface area contributed by atoms with Gasteiger partial charge in [-0.05, 0) is 44.9 Å². The van der Waals surface area contributed by atoms with Crippen molar-refractivity contribution in [2.75, 3.05) is 26.2 Å². The van der Waals surface area contributed by atoms with Gasteiger partial charge in [0.1, 0.15) is 5.60 Å². The number of amides is 1. The van der Waals surface area contributed by atoms with E-state index in [0.717, 1.165) is 50.4 Å². The van der Waals surface area contributed by atoms with Crippen LogP contribution in [0.5, 0.6) is 0 Å². The lowest BCUT2D eigenvalue weighted by Gasteiger charge is -2.26. The summed E-state index contributed by atoms with van der Waals surface area (Å²) in [4.78, 5) is 20.8. The van der Waals surface area contributed by atoms with Crippen molar-refractivity contribution in [2.24, 2.45) is 0 Å². The first kappa shape index (κ1) is 20.9. The van der Waals surface area contributed by atoms with Gasteiger partial charge in [-0.1, -0.05) is 12.1 Å². The number of rotatable bonds is 4. The summed E-state index contributed by atoms with van der Waals surface area (Å²) in [7, 11) is 0. The molecule has 7 nitrogen and oxygen atoms in total. The number of hydrogen-bond donors (Lipinski definition) is 0. The van der Waals surface area contributed by atoms with Gasteiger partial charge >= 0.3 is 6.09 Å².